The van der Waals surface area contributed by atoms with Crippen molar-refractivity contribution < 1.29 is 5.11 Å². The van der Waals surface area contributed by atoms with Gasteiger partial charge in [-0.1, -0.05) is 0 Å². The lowest BCUT2D eigenvalue weighted by Gasteiger charge is -2.36. The summed E-state index contributed by atoms with van der Waals surface area (Å²) in [6, 6.07) is 5.88. The van der Waals surface area contributed by atoms with Gasteiger partial charge in [-0.2, -0.15) is 5.10 Å². The number of benzene rings is 1. The van der Waals surface area contributed by atoms with Gasteiger partial charge in [-0.05, 0) is 37.5 Å². The number of aromatic nitrogens is 4. The lowest BCUT2D eigenvalue weighted by Crippen LogP contribution is -2.46. The fourth-order valence-corrected chi connectivity index (χ4v) is 4.63. The highest BCUT2D eigenvalue weighted by Crippen LogP contribution is 2.23. The zero-order valence-electron chi connectivity index (χ0n) is 17.2. The van der Waals surface area contributed by atoms with Crippen molar-refractivity contribution in [2.45, 2.75) is 38.9 Å². The number of piperazine rings is 1. The lowest BCUT2D eigenvalue weighted by molar-refractivity contribution is 0.248. The van der Waals surface area contributed by atoms with E-state index in [0.29, 0.717) is 10.9 Å². The van der Waals surface area contributed by atoms with Crippen LogP contribution >= 0.6 is 0 Å². The van der Waals surface area contributed by atoms with E-state index < -0.39 is 0 Å². The van der Waals surface area contributed by atoms with Crippen molar-refractivity contribution in [3.05, 3.63) is 52.3 Å². The van der Waals surface area contributed by atoms with E-state index in [1.165, 1.54) is 35.0 Å². The average molecular weight is 409 g/mol. The molecule has 0 spiro atoms. The summed E-state index contributed by atoms with van der Waals surface area (Å²) in [7, 11) is 0. The van der Waals surface area contributed by atoms with Crippen LogP contribution in [0.3, 0.4) is 0 Å². The minimum absolute atomic E-state index is 0.0717. The van der Waals surface area contributed by atoms with Crippen LogP contribution < -0.4 is 10.5 Å². The van der Waals surface area contributed by atoms with E-state index >= 15 is 0 Å². The van der Waals surface area contributed by atoms with Crippen molar-refractivity contribution in [2.24, 2.45) is 0 Å². The van der Waals surface area contributed by atoms with Gasteiger partial charge in [0.2, 0.25) is 0 Å². The highest BCUT2D eigenvalue weighted by molar-refractivity contribution is 5.81. The summed E-state index contributed by atoms with van der Waals surface area (Å²) < 4.78 is 3.64. The third-order valence-electron chi connectivity index (χ3n) is 6.35. The summed E-state index contributed by atoms with van der Waals surface area (Å²) in [5.41, 5.74) is 4.53. The molecule has 8 heteroatoms. The zero-order valence-corrected chi connectivity index (χ0v) is 17.2. The first kappa shape index (κ1) is 19.3. The number of aliphatic hydroxyl groups is 1. The van der Waals surface area contributed by atoms with E-state index in [-0.39, 0.29) is 18.7 Å². The van der Waals surface area contributed by atoms with E-state index in [1.807, 2.05) is 18.2 Å². The maximum absolute atomic E-state index is 12.5. The summed E-state index contributed by atoms with van der Waals surface area (Å²) >= 11 is 0. The molecule has 3 aromatic rings. The van der Waals surface area contributed by atoms with Gasteiger partial charge in [0.1, 0.15) is 0 Å². The molecule has 30 heavy (non-hydrogen) atoms. The summed E-state index contributed by atoms with van der Waals surface area (Å²) in [5, 5.41) is 14.3. The number of hydrogen-bond donors (Lipinski definition) is 1. The first-order valence-corrected chi connectivity index (χ1v) is 10.8. The SMILES string of the molecule is O=c1c2ccc(N3CCN(Cc4cnn5c4CCCC5)CC3)cc2ncn1CCO. The largest absolute Gasteiger partial charge is 0.395 e. The van der Waals surface area contributed by atoms with Crippen LogP contribution in [0, 0.1) is 0 Å². The van der Waals surface area contributed by atoms with Crippen LogP contribution in [0.4, 0.5) is 5.69 Å². The molecule has 0 radical (unpaired) electrons. The molecular weight excluding hydrogens is 380 g/mol. The Kier molecular flexibility index (Phi) is 5.26. The van der Waals surface area contributed by atoms with Gasteiger partial charge in [0.05, 0.1) is 36.6 Å². The second-order valence-corrected chi connectivity index (χ2v) is 8.23. The molecule has 1 saturated heterocycles. The number of fused-ring (bicyclic) bond motifs is 2. The summed E-state index contributed by atoms with van der Waals surface area (Å²) in [6.45, 7) is 6.16. The van der Waals surface area contributed by atoms with E-state index in [4.69, 9.17) is 5.11 Å². The molecule has 0 atom stereocenters. The highest BCUT2D eigenvalue weighted by atomic mass is 16.3. The van der Waals surface area contributed by atoms with Crippen LogP contribution in [-0.2, 0) is 26.1 Å². The predicted molar refractivity (Wildman–Crippen MR) is 116 cm³/mol. The Morgan fingerprint density at radius 3 is 2.77 bits per heavy atom. The molecule has 2 aliphatic rings. The fraction of sp³-hybridized carbons (Fsp3) is 0.500. The van der Waals surface area contributed by atoms with Crippen LogP contribution in [0.25, 0.3) is 10.9 Å². The number of hydrogen-bond acceptors (Lipinski definition) is 6. The number of aliphatic hydroxyl groups excluding tert-OH is 1. The van der Waals surface area contributed by atoms with E-state index in [1.54, 1.807) is 0 Å². The minimum atomic E-state index is -0.102. The molecule has 0 amide bonds. The maximum atomic E-state index is 12.5. The number of aryl methyl sites for hydroxylation is 1. The molecule has 8 nitrogen and oxygen atoms in total. The molecule has 0 unspecified atom stereocenters. The van der Waals surface area contributed by atoms with Crippen LogP contribution in [-0.4, -0.2) is 62.1 Å². The third kappa shape index (κ3) is 3.61. The molecule has 0 saturated carbocycles. The van der Waals surface area contributed by atoms with E-state index in [2.05, 4.69) is 30.8 Å². The predicted octanol–water partition coefficient (Wildman–Crippen LogP) is 1.24. The Labute approximate surface area is 175 Å². The standard InChI is InChI=1S/C22H28N6O2/c29-12-11-27-16-23-20-13-18(4-5-19(20)22(27)30)26-9-7-25(8-10-26)15-17-14-24-28-6-2-1-3-21(17)28/h4-5,13-14,16,29H,1-3,6-12,15H2. The molecule has 1 fully saturated rings. The van der Waals surface area contributed by atoms with Crippen molar-refractivity contribution >= 4 is 16.6 Å². The van der Waals surface area contributed by atoms with Crippen molar-refractivity contribution in [2.75, 3.05) is 37.7 Å². The Bertz CT molecular complexity index is 1100. The van der Waals surface area contributed by atoms with Gasteiger partial charge in [-0.25, -0.2) is 4.98 Å². The molecule has 0 bridgehead atoms. The molecule has 0 aliphatic carbocycles. The topological polar surface area (TPSA) is 79.4 Å². The van der Waals surface area contributed by atoms with Gasteiger partial charge in [-0.15, -0.1) is 0 Å². The van der Waals surface area contributed by atoms with Gasteiger partial charge >= 0.3 is 0 Å². The molecule has 2 aromatic heterocycles. The van der Waals surface area contributed by atoms with E-state index in [9.17, 15) is 4.79 Å². The Hall–Kier alpha value is -2.71. The molecule has 158 valence electrons. The first-order valence-electron chi connectivity index (χ1n) is 10.8. The smallest absolute Gasteiger partial charge is 0.261 e. The van der Waals surface area contributed by atoms with Gasteiger partial charge in [0, 0.05) is 56.2 Å². The van der Waals surface area contributed by atoms with Crippen molar-refractivity contribution in [3.8, 4) is 0 Å². The van der Waals surface area contributed by atoms with Gasteiger partial charge in [0.25, 0.3) is 5.56 Å². The molecule has 1 N–H and O–H groups in total. The first-order chi connectivity index (χ1) is 14.7. The van der Waals surface area contributed by atoms with Gasteiger partial charge in [-0.3, -0.25) is 18.9 Å². The number of anilines is 1. The van der Waals surface area contributed by atoms with Crippen molar-refractivity contribution in [1.82, 2.24) is 24.2 Å². The van der Waals surface area contributed by atoms with Gasteiger partial charge in [0.15, 0.2) is 0 Å². The second kappa shape index (κ2) is 8.20. The van der Waals surface area contributed by atoms with Crippen LogP contribution in [0.2, 0.25) is 0 Å². The monoisotopic (exact) mass is 408 g/mol. The van der Waals surface area contributed by atoms with Crippen molar-refractivity contribution in [3.63, 3.8) is 0 Å². The Morgan fingerprint density at radius 1 is 1.07 bits per heavy atom. The normalized spacial score (nSPS) is 17.4. The second-order valence-electron chi connectivity index (χ2n) is 8.23. The average Bonchev–Trinajstić information content (AvgIpc) is 3.19. The molecule has 5 rings (SSSR count). The van der Waals surface area contributed by atoms with Crippen LogP contribution in [0.5, 0.6) is 0 Å². The van der Waals surface area contributed by atoms with Crippen molar-refractivity contribution in [1.29, 1.82) is 0 Å². The zero-order chi connectivity index (χ0) is 20.5. The Balaban J connectivity index is 1.26. The van der Waals surface area contributed by atoms with Gasteiger partial charge < -0.3 is 10.0 Å². The molecule has 4 heterocycles. The number of rotatable bonds is 5. The summed E-state index contributed by atoms with van der Waals surface area (Å²) in [6.07, 6.45) is 7.25. The summed E-state index contributed by atoms with van der Waals surface area (Å²) in [4.78, 5) is 21.8. The summed E-state index contributed by atoms with van der Waals surface area (Å²) in [5.74, 6) is 0. The number of nitrogens with zero attached hydrogens (tertiary/aromatic N) is 6. The Morgan fingerprint density at radius 2 is 1.93 bits per heavy atom. The molecular formula is C22H28N6O2. The highest BCUT2D eigenvalue weighted by Gasteiger charge is 2.21. The maximum Gasteiger partial charge on any atom is 0.261 e. The fourth-order valence-electron chi connectivity index (χ4n) is 4.63. The molecule has 2 aliphatic heterocycles. The van der Waals surface area contributed by atoms with Crippen LogP contribution in [0.1, 0.15) is 24.1 Å². The van der Waals surface area contributed by atoms with Crippen LogP contribution in [0.15, 0.2) is 35.5 Å². The minimum Gasteiger partial charge on any atom is -0.395 e. The van der Waals surface area contributed by atoms with E-state index in [0.717, 1.165) is 51.4 Å². The lowest BCUT2D eigenvalue weighted by atomic mass is 10.1. The third-order valence-corrected chi connectivity index (χ3v) is 6.35. The quantitative estimate of drug-likeness (QED) is 0.684. The molecule has 1 aromatic carbocycles.